The third-order valence-electron chi connectivity index (χ3n) is 8.28. The van der Waals surface area contributed by atoms with Crippen LogP contribution in [0.15, 0.2) is 24.3 Å². The molecule has 0 radical (unpaired) electrons. The smallest absolute Gasteiger partial charge is 0.463 e. The molecule has 1 aromatic carbocycles. The molecule has 2 aliphatic rings. The Morgan fingerprint density at radius 1 is 1.00 bits per heavy atom. The van der Waals surface area contributed by atoms with Crippen molar-refractivity contribution in [3.63, 3.8) is 0 Å². The van der Waals surface area contributed by atoms with Crippen molar-refractivity contribution < 1.29 is 44.1 Å². The quantitative estimate of drug-likeness (QED) is 0.189. The Morgan fingerprint density at radius 3 is 2.05 bits per heavy atom. The molecule has 44 heavy (non-hydrogen) atoms. The molecule has 0 unspecified atom stereocenters. The van der Waals surface area contributed by atoms with E-state index in [2.05, 4.69) is 17.1 Å². The fraction of sp³-hybridized carbons (Fsp3) is 0.750. The van der Waals surface area contributed by atoms with Crippen molar-refractivity contribution in [2.75, 3.05) is 41.4 Å². The van der Waals surface area contributed by atoms with Gasteiger partial charge >= 0.3 is 13.1 Å². The second-order valence-corrected chi connectivity index (χ2v) is 13.1. The van der Waals surface area contributed by atoms with Gasteiger partial charge in [-0.2, -0.15) is 0 Å². The van der Waals surface area contributed by atoms with Gasteiger partial charge in [0, 0.05) is 19.6 Å². The standard InChI is InChI=1S/C24H38BNO6.C6H12O3.C2H7N/c1-16-12-24(5,31-7)13-17(2)21(27)23(3,4)22(28)32-15-20(26(6)14-16)18-8-10-19(11-9-18)25(29)30;1-4-2-3-5(7)6(8)9-4;1-3-2/h8-11,16-17,20,29-30H,12-15H2,1-7H3;4-8H,2-3H2,1H3;3H,1-2H3/t16-,17-,20+,24-;4-,5-,6-;/m11./s1. The molecule has 0 spiro atoms. The molecule has 0 amide bonds. The summed E-state index contributed by atoms with van der Waals surface area (Å²) in [5.74, 6) is -0.774. The van der Waals surface area contributed by atoms with E-state index in [0.29, 0.717) is 18.3 Å². The van der Waals surface area contributed by atoms with E-state index >= 15 is 0 Å². The molecule has 0 aliphatic carbocycles. The molecule has 11 nitrogen and oxygen atoms in total. The zero-order valence-electron chi connectivity index (χ0n) is 28.4. The average molecular weight is 625 g/mol. The molecular weight excluding hydrogens is 567 g/mol. The molecule has 2 aliphatic heterocycles. The number of Topliss-reactive ketones (excluding diaryl/α,β-unsaturated/α-hetero) is 1. The topological polar surface area (TPSA) is 158 Å². The summed E-state index contributed by atoms with van der Waals surface area (Å²) in [5.41, 5.74) is -0.471. The van der Waals surface area contributed by atoms with Gasteiger partial charge in [0.15, 0.2) is 12.1 Å². The van der Waals surface area contributed by atoms with Gasteiger partial charge < -0.3 is 39.8 Å². The van der Waals surface area contributed by atoms with Crippen molar-refractivity contribution in [3.05, 3.63) is 29.8 Å². The molecule has 0 bridgehead atoms. The SMILES string of the molecule is CNC.CO[C@]1(C)C[C@@H](C)CN(C)[C@H](c2ccc(B(O)O)cc2)COC(=O)C(C)(C)C(=O)[C@H](C)C1.C[C@@H]1CC[C@@H](O)[C@H](O)O1. The average Bonchev–Trinajstić information content (AvgIpc) is 2.95. The van der Waals surface area contributed by atoms with Crippen LogP contribution in [0.25, 0.3) is 0 Å². The summed E-state index contributed by atoms with van der Waals surface area (Å²) in [6, 6.07) is 6.67. The summed E-state index contributed by atoms with van der Waals surface area (Å²) in [5, 5.41) is 39.3. The highest BCUT2D eigenvalue weighted by molar-refractivity contribution is 6.58. The van der Waals surface area contributed by atoms with E-state index in [1.807, 2.05) is 54.0 Å². The summed E-state index contributed by atoms with van der Waals surface area (Å²) in [7, 11) is 5.86. The lowest BCUT2D eigenvalue weighted by Crippen LogP contribution is -2.42. The number of cyclic esters (lactones) is 1. The Bertz CT molecular complexity index is 1010. The molecule has 1 aromatic rings. The highest BCUT2D eigenvalue weighted by Crippen LogP contribution is 2.34. The first-order valence-corrected chi connectivity index (χ1v) is 15.4. The van der Waals surface area contributed by atoms with E-state index in [1.165, 1.54) is 0 Å². The molecule has 0 aromatic heterocycles. The number of methoxy groups -OCH3 is 1. The number of hydrogen-bond donors (Lipinski definition) is 5. The summed E-state index contributed by atoms with van der Waals surface area (Å²) in [6.45, 7) is 12.0. The molecule has 0 saturated carbocycles. The third kappa shape index (κ3) is 12.1. The van der Waals surface area contributed by atoms with Crippen LogP contribution < -0.4 is 10.8 Å². The van der Waals surface area contributed by atoms with Crippen LogP contribution in [0.3, 0.4) is 0 Å². The van der Waals surface area contributed by atoms with Gasteiger partial charge in [-0.05, 0) is 91.5 Å². The second kappa shape index (κ2) is 18.3. The van der Waals surface area contributed by atoms with Crippen molar-refractivity contribution >= 4 is 24.3 Å². The Balaban J connectivity index is 0.000000672. The number of aliphatic hydroxyl groups excluding tert-OH is 2. The van der Waals surface area contributed by atoms with Gasteiger partial charge in [-0.25, -0.2) is 0 Å². The van der Waals surface area contributed by atoms with Crippen molar-refractivity contribution in [2.24, 2.45) is 17.3 Å². The summed E-state index contributed by atoms with van der Waals surface area (Å²) in [6.07, 6.45) is 1.21. The molecule has 2 fully saturated rings. The zero-order chi connectivity index (χ0) is 33.8. The Labute approximate surface area is 264 Å². The molecule has 252 valence electrons. The molecule has 2 heterocycles. The molecule has 7 atom stereocenters. The number of esters is 1. The van der Waals surface area contributed by atoms with Crippen molar-refractivity contribution in [2.45, 2.75) is 97.4 Å². The number of carbonyl (C=O) groups excluding carboxylic acids is 2. The van der Waals surface area contributed by atoms with Gasteiger partial charge in [0.2, 0.25) is 0 Å². The third-order valence-corrected chi connectivity index (χ3v) is 8.28. The van der Waals surface area contributed by atoms with Gasteiger partial charge in [0.05, 0.1) is 17.7 Å². The first-order valence-electron chi connectivity index (χ1n) is 15.4. The number of aliphatic hydroxyl groups is 2. The van der Waals surface area contributed by atoms with Crippen LogP contribution in [0.1, 0.15) is 78.8 Å². The highest BCUT2D eigenvalue weighted by atomic mass is 16.6. The lowest BCUT2D eigenvalue weighted by Gasteiger charge is -2.36. The highest BCUT2D eigenvalue weighted by Gasteiger charge is 2.43. The fourth-order valence-electron chi connectivity index (χ4n) is 5.78. The number of carbonyl (C=O) groups is 2. The van der Waals surface area contributed by atoms with Gasteiger partial charge in [-0.3, -0.25) is 14.5 Å². The minimum Gasteiger partial charge on any atom is -0.463 e. The molecular formula is C32H57BN2O9. The molecule has 12 heteroatoms. The minimum absolute atomic E-state index is 0.0865. The molecule has 5 N–H and O–H groups in total. The maximum atomic E-state index is 13.2. The van der Waals surface area contributed by atoms with Crippen molar-refractivity contribution in [1.82, 2.24) is 10.2 Å². The van der Waals surface area contributed by atoms with Crippen LogP contribution in [0, 0.1) is 17.3 Å². The first kappa shape index (κ1) is 40.1. The van der Waals surface area contributed by atoms with Crippen molar-refractivity contribution in [3.8, 4) is 0 Å². The predicted molar refractivity (Wildman–Crippen MR) is 171 cm³/mol. The number of nitrogens with zero attached hydrogens (tertiary/aromatic N) is 1. The van der Waals surface area contributed by atoms with Crippen LogP contribution >= 0.6 is 0 Å². The predicted octanol–water partition coefficient (Wildman–Crippen LogP) is 1.65. The summed E-state index contributed by atoms with van der Waals surface area (Å²) >= 11 is 0. The molecule has 3 rings (SSSR count). The summed E-state index contributed by atoms with van der Waals surface area (Å²) in [4.78, 5) is 28.3. The van der Waals surface area contributed by atoms with Crippen LogP contribution in [0.4, 0.5) is 0 Å². The van der Waals surface area contributed by atoms with E-state index in [4.69, 9.17) is 24.4 Å². The molecule has 2 saturated heterocycles. The number of likely N-dealkylation sites (N-methyl/N-ethyl adjacent to an activating group) is 1. The fourth-order valence-corrected chi connectivity index (χ4v) is 5.78. The van der Waals surface area contributed by atoms with E-state index in [9.17, 15) is 19.6 Å². The van der Waals surface area contributed by atoms with Crippen LogP contribution in [-0.2, 0) is 23.8 Å². The normalized spacial score (nSPS) is 31.9. The number of nitrogens with one attached hydrogen (secondary N) is 1. The largest absolute Gasteiger partial charge is 0.488 e. The zero-order valence-corrected chi connectivity index (χ0v) is 28.4. The Morgan fingerprint density at radius 2 is 1.57 bits per heavy atom. The summed E-state index contributed by atoms with van der Waals surface area (Å²) < 4.78 is 16.4. The maximum Gasteiger partial charge on any atom is 0.488 e. The number of benzene rings is 1. The van der Waals surface area contributed by atoms with E-state index in [0.717, 1.165) is 24.9 Å². The maximum absolute atomic E-state index is 13.2. The number of hydrogen-bond acceptors (Lipinski definition) is 11. The van der Waals surface area contributed by atoms with E-state index < -0.39 is 36.5 Å². The van der Waals surface area contributed by atoms with Crippen LogP contribution in [-0.4, -0.2) is 110 Å². The van der Waals surface area contributed by atoms with Gasteiger partial charge in [-0.15, -0.1) is 0 Å². The van der Waals surface area contributed by atoms with Gasteiger partial charge in [0.25, 0.3) is 0 Å². The van der Waals surface area contributed by atoms with Crippen LogP contribution in [0.5, 0.6) is 0 Å². The van der Waals surface area contributed by atoms with Crippen LogP contribution in [0.2, 0.25) is 0 Å². The Kier molecular flexibility index (Phi) is 16.7. The van der Waals surface area contributed by atoms with Crippen molar-refractivity contribution in [1.29, 1.82) is 0 Å². The second-order valence-electron chi connectivity index (χ2n) is 13.1. The lowest BCUT2D eigenvalue weighted by molar-refractivity contribution is -0.210. The van der Waals surface area contributed by atoms with Gasteiger partial charge in [-0.1, -0.05) is 38.1 Å². The Hall–Kier alpha value is -1.90. The first-order chi connectivity index (χ1) is 20.4. The van der Waals surface area contributed by atoms with E-state index in [-0.39, 0.29) is 36.4 Å². The number of rotatable bonds is 3. The van der Waals surface area contributed by atoms with E-state index in [1.54, 1.807) is 33.1 Å². The minimum atomic E-state index is -1.54. The number of ketones is 1. The lowest BCUT2D eigenvalue weighted by atomic mass is 9.76. The number of ether oxygens (including phenoxy) is 3. The van der Waals surface area contributed by atoms with Gasteiger partial charge in [0.1, 0.15) is 18.1 Å². The monoisotopic (exact) mass is 624 g/mol.